The molecule has 0 saturated carbocycles. The first-order valence-electron chi connectivity index (χ1n) is 21.1. The summed E-state index contributed by atoms with van der Waals surface area (Å²) in [6.07, 6.45) is 0.610. The molecule has 0 N–H and O–H groups in total. The Morgan fingerprint density at radius 3 is 1.57 bits per heavy atom. The number of hydrogen-bond acceptors (Lipinski definition) is 3. The second-order valence-corrected chi connectivity index (χ2v) is 15.9. The Morgan fingerprint density at radius 1 is 0.429 bits per heavy atom. The van der Waals surface area contributed by atoms with Crippen LogP contribution in [0, 0.1) is 0 Å². The highest BCUT2D eigenvalue weighted by Crippen LogP contribution is 2.47. The summed E-state index contributed by atoms with van der Waals surface area (Å²) < 4.78 is 2.07. The van der Waals surface area contributed by atoms with Crippen molar-refractivity contribution in [2.24, 2.45) is 0 Å². The monoisotopic (exact) mass is 810 g/mol. The fourth-order valence-corrected chi connectivity index (χ4v) is 9.32. The molecule has 0 bridgehead atoms. The Kier molecular flexibility index (Phi) is 9.28. The van der Waals surface area contributed by atoms with Crippen molar-refractivity contribution in [3.8, 4) is 39.1 Å². The molecule has 63 heavy (non-hydrogen) atoms. The van der Waals surface area contributed by atoms with Gasteiger partial charge in [0.1, 0.15) is 0 Å². The number of carbonyl (C=O) groups is 3. The van der Waals surface area contributed by atoms with Gasteiger partial charge < -0.3 is 4.57 Å². The number of imide groups is 1. The number of aromatic nitrogens is 1. The SMILES string of the molecule is O=C(c1ccccc1)c1cccc2c3cccc(Cc4ccccc4)c3n(-c3cccc4c3C(=O)N(c3c(-c5ccccc5)cc(-c5ccccc5)cc3-c3ccccc3)C4=O)c12. The number of anilines is 1. The van der Waals surface area contributed by atoms with E-state index >= 15 is 9.59 Å². The van der Waals surface area contributed by atoms with Crippen molar-refractivity contribution in [3.05, 3.63) is 252 Å². The van der Waals surface area contributed by atoms with Gasteiger partial charge in [-0.2, -0.15) is 0 Å². The molecule has 298 valence electrons. The Hall–Kier alpha value is -8.41. The minimum absolute atomic E-state index is 0.134. The minimum atomic E-state index is -0.435. The predicted octanol–water partition coefficient (Wildman–Crippen LogP) is 13.4. The van der Waals surface area contributed by atoms with Gasteiger partial charge in [-0.1, -0.05) is 188 Å². The van der Waals surface area contributed by atoms with Crippen molar-refractivity contribution in [3.63, 3.8) is 0 Å². The lowest BCUT2D eigenvalue weighted by Crippen LogP contribution is -2.30. The zero-order valence-corrected chi connectivity index (χ0v) is 34.1. The van der Waals surface area contributed by atoms with E-state index in [1.807, 2.05) is 158 Å². The van der Waals surface area contributed by atoms with E-state index in [1.165, 1.54) is 4.90 Å². The number of ketones is 1. The van der Waals surface area contributed by atoms with Crippen LogP contribution < -0.4 is 4.90 Å². The number of hydrogen-bond donors (Lipinski definition) is 0. The van der Waals surface area contributed by atoms with Crippen LogP contribution in [0.4, 0.5) is 5.69 Å². The highest BCUT2D eigenvalue weighted by Gasteiger charge is 2.42. The van der Waals surface area contributed by atoms with Crippen LogP contribution in [0.5, 0.6) is 0 Å². The quantitative estimate of drug-likeness (QED) is 0.108. The molecule has 11 rings (SSSR count). The molecule has 2 amide bonds. The minimum Gasteiger partial charge on any atom is -0.307 e. The first-order chi connectivity index (χ1) is 31.0. The Balaban J connectivity index is 1.19. The molecule has 0 saturated heterocycles. The summed E-state index contributed by atoms with van der Waals surface area (Å²) in [7, 11) is 0. The lowest BCUT2D eigenvalue weighted by atomic mass is 9.90. The van der Waals surface area contributed by atoms with Crippen molar-refractivity contribution in [1.29, 1.82) is 0 Å². The van der Waals surface area contributed by atoms with Gasteiger partial charge in [0.2, 0.25) is 0 Å². The van der Waals surface area contributed by atoms with Crippen LogP contribution >= 0.6 is 0 Å². The van der Waals surface area contributed by atoms with Crippen molar-refractivity contribution >= 4 is 45.1 Å². The molecule has 9 aromatic carbocycles. The number of rotatable bonds is 9. The van der Waals surface area contributed by atoms with E-state index < -0.39 is 11.8 Å². The maximum Gasteiger partial charge on any atom is 0.268 e. The number of fused-ring (bicyclic) bond motifs is 4. The maximum atomic E-state index is 15.8. The van der Waals surface area contributed by atoms with Gasteiger partial charge in [-0.15, -0.1) is 0 Å². The molecule has 5 nitrogen and oxygen atoms in total. The van der Waals surface area contributed by atoms with E-state index in [9.17, 15) is 4.79 Å². The second-order valence-electron chi connectivity index (χ2n) is 15.9. The standard InChI is InChI=1S/C58H38N2O3/c61-56(42-27-14-5-15-28-42)48-33-17-31-46-45-30-16-29-43(35-38-19-6-1-7-20-38)53(45)59(54(46)48)51-34-18-32-47-52(51)58(63)60(57(47)62)55-49(40-23-10-3-11-24-40)36-44(39-21-8-2-9-22-39)37-50(55)41-25-12-4-13-26-41/h1-34,36-37H,35H2. The fourth-order valence-electron chi connectivity index (χ4n) is 9.32. The van der Waals surface area contributed by atoms with Crippen LogP contribution in [-0.2, 0) is 6.42 Å². The van der Waals surface area contributed by atoms with Crippen LogP contribution in [0.15, 0.2) is 218 Å². The Morgan fingerprint density at radius 2 is 0.952 bits per heavy atom. The summed E-state index contributed by atoms with van der Waals surface area (Å²) in [6, 6.07) is 71.3. The maximum absolute atomic E-state index is 15.8. The predicted molar refractivity (Wildman–Crippen MR) is 254 cm³/mol. The lowest BCUT2D eigenvalue weighted by molar-refractivity contribution is 0.0925. The molecule has 2 heterocycles. The lowest BCUT2D eigenvalue weighted by Gasteiger charge is -2.24. The van der Waals surface area contributed by atoms with Crippen molar-refractivity contribution in [2.75, 3.05) is 4.90 Å². The van der Waals surface area contributed by atoms with E-state index in [2.05, 4.69) is 59.2 Å². The highest BCUT2D eigenvalue weighted by molar-refractivity contribution is 6.37. The van der Waals surface area contributed by atoms with Gasteiger partial charge in [0.25, 0.3) is 11.8 Å². The fraction of sp³-hybridized carbons (Fsp3) is 0.0172. The Labute approximate surface area is 364 Å². The number of para-hydroxylation sites is 2. The van der Waals surface area contributed by atoms with Crippen LogP contribution in [0.2, 0.25) is 0 Å². The van der Waals surface area contributed by atoms with Crippen molar-refractivity contribution < 1.29 is 14.4 Å². The number of nitrogens with zero attached hydrogens (tertiary/aromatic N) is 2. The first-order valence-corrected chi connectivity index (χ1v) is 21.1. The Bertz CT molecular complexity index is 3340. The van der Waals surface area contributed by atoms with Crippen molar-refractivity contribution in [1.82, 2.24) is 4.57 Å². The number of benzene rings is 9. The van der Waals surface area contributed by atoms with Gasteiger partial charge >= 0.3 is 0 Å². The highest BCUT2D eigenvalue weighted by atomic mass is 16.2. The molecule has 1 aromatic heterocycles. The largest absolute Gasteiger partial charge is 0.307 e. The molecule has 0 unspecified atom stereocenters. The zero-order valence-electron chi connectivity index (χ0n) is 34.1. The second kappa shape index (κ2) is 15.6. The summed E-state index contributed by atoms with van der Waals surface area (Å²) >= 11 is 0. The third kappa shape index (κ3) is 6.37. The van der Waals surface area contributed by atoms with Gasteiger partial charge in [0.05, 0.1) is 33.5 Å². The average molecular weight is 811 g/mol. The third-order valence-electron chi connectivity index (χ3n) is 12.2. The van der Waals surface area contributed by atoms with Gasteiger partial charge in [0, 0.05) is 33.0 Å². The van der Waals surface area contributed by atoms with E-state index in [4.69, 9.17) is 0 Å². The molecular formula is C58H38N2O3. The average Bonchev–Trinajstić information content (AvgIpc) is 3.83. The topological polar surface area (TPSA) is 59.4 Å². The summed E-state index contributed by atoms with van der Waals surface area (Å²) in [6.45, 7) is 0. The van der Waals surface area contributed by atoms with E-state index in [0.29, 0.717) is 40.0 Å². The molecule has 0 spiro atoms. The van der Waals surface area contributed by atoms with Crippen LogP contribution in [0.25, 0.3) is 60.9 Å². The van der Waals surface area contributed by atoms with Crippen LogP contribution in [0.1, 0.15) is 47.8 Å². The van der Waals surface area contributed by atoms with Gasteiger partial charge in [-0.25, -0.2) is 4.90 Å². The van der Waals surface area contributed by atoms with Crippen LogP contribution in [0.3, 0.4) is 0 Å². The smallest absolute Gasteiger partial charge is 0.268 e. The van der Waals surface area contributed by atoms with Gasteiger partial charge in [0.15, 0.2) is 5.78 Å². The summed E-state index contributed by atoms with van der Waals surface area (Å²) in [5, 5.41) is 1.82. The summed E-state index contributed by atoms with van der Waals surface area (Å²) in [5.41, 5.74) is 11.6. The molecule has 5 heteroatoms. The molecule has 0 aliphatic carbocycles. The van der Waals surface area contributed by atoms with E-state index in [1.54, 1.807) is 6.07 Å². The van der Waals surface area contributed by atoms with Crippen LogP contribution in [-0.4, -0.2) is 22.2 Å². The van der Waals surface area contributed by atoms with Gasteiger partial charge in [-0.3, -0.25) is 14.4 Å². The molecule has 0 fully saturated rings. The summed E-state index contributed by atoms with van der Waals surface area (Å²) in [5.74, 6) is -0.982. The third-order valence-corrected chi connectivity index (χ3v) is 12.2. The van der Waals surface area contributed by atoms with Gasteiger partial charge in [-0.05, 0) is 70.1 Å². The molecule has 0 radical (unpaired) electrons. The van der Waals surface area contributed by atoms with E-state index in [0.717, 1.165) is 60.8 Å². The normalized spacial score (nSPS) is 12.3. The molecule has 1 aliphatic rings. The molecule has 0 atom stereocenters. The molecule has 10 aromatic rings. The van der Waals surface area contributed by atoms with E-state index in [-0.39, 0.29) is 11.3 Å². The molecule has 1 aliphatic heterocycles. The molecular weight excluding hydrogens is 773 g/mol. The van der Waals surface area contributed by atoms with Crippen molar-refractivity contribution in [2.45, 2.75) is 6.42 Å². The number of carbonyl (C=O) groups excluding carboxylic acids is 3. The number of amides is 2. The summed E-state index contributed by atoms with van der Waals surface area (Å²) in [4.78, 5) is 47.0. The zero-order chi connectivity index (χ0) is 42.4. The first kappa shape index (κ1) is 37.6.